The number of hydrogen-bond acceptors (Lipinski definition) is 4. The van der Waals surface area contributed by atoms with Gasteiger partial charge < -0.3 is 16.4 Å². The van der Waals surface area contributed by atoms with Gasteiger partial charge in [-0.1, -0.05) is 30.3 Å². The van der Waals surface area contributed by atoms with Crippen LogP contribution in [0.5, 0.6) is 0 Å². The Hall–Kier alpha value is -2.40. The maximum atomic E-state index is 12.1. The molecule has 0 radical (unpaired) electrons. The molecule has 1 aromatic heterocycles. The van der Waals surface area contributed by atoms with Crippen molar-refractivity contribution >= 4 is 17.4 Å². The number of benzene rings is 1. The first-order chi connectivity index (χ1) is 9.25. The highest BCUT2D eigenvalue weighted by Gasteiger charge is 2.31. The van der Waals surface area contributed by atoms with E-state index in [1.54, 1.807) is 18.3 Å². The van der Waals surface area contributed by atoms with E-state index in [9.17, 15) is 4.79 Å². The van der Waals surface area contributed by atoms with Crippen molar-refractivity contribution in [2.75, 3.05) is 10.6 Å². The van der Waals surface area contributed by atoms with Crippen molar-refractivity contribution < 1.29 is 4.79 Å². The topological polar surface area (TPSA) is 80.0 Å². The van der Waals surface area contributed by atoms with Gasteiger partial charge >= 0.3 is 0 Å². The molecule has 96 valence electrons. The van der Waals surface area contributed by atoms with Crippen molar-refractivity contribution in [1.29, 1.82) is 0 Å². The second-order valence-corrected chi connectivity index (χ2v) is 4.45. The summed E-state index contributed by atoms with van der Waals surface area (Å²) in [5.74, 6) is 0.510. The first kappa shape index (κ1) is 11.7. The zero-order chi connectivity index (χ0) is 13.2. The zero-order valence-corrected chi connectivity index (χ0v) is 10.2. The fourth-order valence-corrected chi connectivity index (χ4v) is 2.17. The molecule has 5 nitrogen and oxygen atoms in total. The van der Waals surface area contributed by atoms with E-state index in [0.29, 0.717) is 11.5 Å². The Morgan fingerprint density at radius 2 is 1.95 bits per heavy atom. The van der Waals surface area contributed by atoms with E-state index in [4.69, 9.17) is 5.73 Å². The number of nitrogens with two attached hydrogens (primary N) is 1. The summed E-state index contributed by atoms with van der Waals surface area (Å²) >= 11 is 0. The van der Waals surface area contributed by atoms with Gasteiger partial charge in [0.2, 0.25) is 5.91 Å². The monoisotopic (exact) mass is 254 g/mol. The summed E-state index contributed by atoms with van der Waals surface area (Å²) in [6.07, 6.45) is 1.68. The summed E-state index contributed by atoms with van der Waals surface area (Å²) in [5.41, 5.74) is 7.76. The third-order valence-electron chi connectivity index (χ3n) is 3.18. The lowest BCUT2D eigenvalue weighted by Gasteiger charge is -2.29. The maximum absolute atomic E-state index is 12.1. The van der Waals surface area contributed by atoms with Gasteiger partial charge in [-0.2, -0.15) is 0 Å². The quantitative estimate of drug-likeness (QED) is 0.759. The molecule has 2 heterocycles. The number of pyridine rings is 1. The van der Waals surface area contributed by atoms with Crippen molar-refractivity contribution in [3.05, 3.63) is 54.2 Å². The van der Waals surface area contributed by atoms with E-state index >= 15 is 0 Å². The van der Waals surface area contributed by atoms with Gasteiger partial charge in [0, 0.05) is 6.20 Å². The molecule has 1 aliphatic rings. The van der Waals surface area contributed by atoms with E-state index in [1.165, 1.54) is 0 Å². The van der Waals surface area contributed by atoms with E-state index in [-0.39, 0.29) is 5.91 Å². The lowest BCUT2D eigenvalue weighted by molar-refractivity contribution is -0.117. The number of rotatable bonds is 2. The zero-order valence-electron chi connectivity index (χ0n) is 10.2. The highest BCUT2D eigenvalue weighted by Crippen LogP contribution is 2.27. The molecule has 0 saturated heterocycles. The van der Waals surface area contributed by atoms with Crippen LogP contribution in [0, 0.1) is 0 Å². The normalized spacial score (nSPS) is 19.0. The molecule has 0 bridgehead atoms. The second kappa shape index (κ2) is 4.70. The molecule has 4 N–H and O–H groups in total. The molecule has 1 aromatic carbocycles. The predicted molar refractivity (Wildman–Crippen MR) is 73.6 cm³/mol. The molecule has 19 heavy (non-hydrogen) atoms. The average molecular weight is 254 g/mol. The summed E-state index contributed by atoms with van der Waals surface area (Å²) < 4.78 is 0. The minimum absolute atomic E-state index is 0.142. The smallest absolute Gasteiger partial charge is 0.248 e. The van der Waals surface area contributed by atoms with Crippen LogP contribution in [0.2, 0.25) is 0 Å². The van der Waals surface area contributed by atoms with Crippen LogP contribution in [-0.2, 0) is 4.79 Å². The molecule has 2 atom stereocenters. The minimum Gasteiger partial charge on any atom is -0.355 e. The van der Waals surface area contributed by atoms with Gasteiger partial charge in [-0.3, -0.25) is 4.79 Å². The van der Waals surface area contributed by atoms with Crippen molar-refractivity contribution in [2.45, 2.75) is 12.1 Å². The molecule has 0 aliphatic carbocycles. The number of anilines is 2. The molecular weight excluding hydrogens is 240 g/mol. The number of aromatic nitrogens is 1. The Kier molecular flexibility index (Phi) is 2.89. The first-order valence-corrected chi connectivity index (χ1v) is 6.08. The van der Waals surface area contributed by atoms with E-state index in [1.807, 2.05) is 30.3 Å². The van der Waals surface area contributed by atoms with Crippen molar-refractivity contribution in [1.82, 2.24) is 4.98 Å². The molecule has 1 amide bonds. The van der Waals surface area contributed by atoms with Crippen molar-refractivity contribution in [3.8, 4) is 0 Å². The standard InChI is InChI=1S/C14H14N4O/c15-11(9-5-2-1-3-6-9)12-14(19)17-10-7-4-8-16-13(10)18-12/h1-8,11-12H,15H2,(H,16,18)(H,17,19)/t11-,12-/m0/s1. The highest BCUT2D eigenvalue weighted by molar-refractivity contribution is 6.02. The Morgan fingerprint density at radius 1 is 1.16 bits per heavy atom. The Balaban J connectivity index is 1.89. The fraction of sp³-hybridized carbons (Fsp3) is 0.143. The largest absolute Gasteiger partial charge is 0.355 e. The average Bonchev–Trinajstić information content (AvgIpc) is 2.47. The van der Waals surface area contributed by atoms with Gasteiger partial charge in [0.15, 0.2) is 0 Å². The summed E-state index contributed by atoms with van der Waals surface area (Å²) in [6, 6.07) is 12.2. The summed E-state index contributed by atoms with van der Waals surface area (Å²) in [7, 11) is 0. The Bertz CT molecular complexity index is 599. The van der Waals surface area contributed by atoms with E-state index in [2.05, 4.69) is 15.6 Å². The molecule has 0 spiro atoms. The number of nitrogens with one attached hydrogen (secondary N) is 2. The van der Waals surface area contributed by atoms with Crippen LogP contribution in [0.25, 0.3) is 0 Å². The van der Waals surface area contributed by atoms with E-state index in [0.717, 1.165) is 5.56 Å². The van der Waals surface area contributed by atoms with Crippen molar-refractivity contribution in [3.63, 3.8) is 0 Å². The van der Waals surface area contributed by atoms with Gasteiger partial charge in [0.25, 0.3) is 0 Å². The Labute approximate surface area is 110 Å². The van der Waals surface area contributed by atoms with Gasteiger partial charge in [-0.25, -0.2) is 4.98 Å². The van der Waals surface area contributed by atoms with Gasteiger partial charge in [0.05, 0.1) is 11.7 Å². The summed E-state index contributed by atoms with van der Waals surface area (Å²) in [6.45, 7) is 0. The third kappa shape index (κ3) is 2.15. The van der Waals surface area contributed by atoms with Crippen LogP contribution in [0.4, 0.5) is 11.5 Å². The maximum Gasteiger partial charge on any atom is 0.248 e. The number of nitrogens with zero attached hydrogens (tertiary/aromatic N) is 1. The van der Waals surface area contributed by atoms with Gasteiger partial charge in [0.1, 0.15) is 11.9 Å². The van der Waals surface area contributed by atoms with Crippen LogP contribution in [-0.4, -0.2) is 16.9 Å². The van der Waals surface area contributed by atoms with Gasteiger partial charge in [-0.15, -0.1) is 0 Å². The minimum atomic E-state index is -0.523. The van der Waals surface area contributed by atoms with Crippen LogP contribution in [0.15, 0.2) is 48.7 Å². The lowest BCUT2D eigenvalue weighted by atomic mass is 9.98. The highest BCUT2D eigenvalue weighted by atomic mass is 16.2. The number of fused-ring (bicyclic) bond motifs is 1. The lowest BCUT2D eigenvalue weighted by Crippen LogP contribution is -2.46. The van der Waals surface area contributed by atoms with Crippen LogP contribution < -0.4 is 16.4 Å². The predicted octanol–water partition coefficient (Wildman–Crippen LogP) is 1.51. The molecular formula is C14H14N4O. The molecule has 0 saturated carbocycles. The number of carbonyl (C=O) groups is 1. The van der Waals surface area contributed by atoms with Crippen LogP contribution >= 0.6 is 0 Å². The Morgan fingerprint density at radius 3 is 2.74 bits per heavy atom. The fourth-order valence-electron chi connectivity index (χ4n) is 2.17. The molecule has 5 heteroatoms. The van der Waals surface area contributed by atoms with Crippen LogP contribution in [0.3, 0.4) is 0 Å². The molecule has 0 fully saturated rings. The molecule has 1 aliphatic heterocycles. The summed E-state index contributed by atoms with van der Waals surface area (Å²) in [4.78, 5) is 16.3. The number of carbonyl (C=O) groups excluding carboxylic acids is 1. The molecule has 2 aromatic rings. The van der Waals surface area contributed by atoms with E-state index < -0.39 is 12.1 Å². The molecule has 0 unspecified atom stereocenters. The van der Waals surface area contributed by atoms with Crippen molar-refractivity contribution in [2.24, 2.45) is 5.73 Å². The number of hydrogen-bond donors (Lipinski definition) is 3. The first-order valence-electron chi connectivity index (χ1n) is 6.08. The third-order valence-corrected chi connectivity index (χ3v) is 3.18. The van der Waals surface area contributed by atoms with Gasteiger partial charge in [-0.05, 0) is 17.7 Å². The molecule has 3 rings (SSSR count). The van der Waals surface area contributed by atoms with Crippen LogP contribution in [0.1, 0.15) is 11.6 Å². The summed E-state index contributed by atoms with van der Waals surface area (Å²) in [5, 5.41) is 5.91. The SMILES string of the molecule is N[C@@H](c1ccccc1)[C@@H]1Nc2ncccc2NC1=O. The second-order valence-electron chi connectivity index (χ2n) is 4.45. The number of amides is 1.